The molecule has 1 heteroatoms. The van der Waals surface area contributed by atoms with Gasteiger partial charge in [0.2, 0.25) is 0 Å². The Bertz CT molecular complexity index is 224. The van der Waals surface area contributed by atoms with E-state index in [0.29, 0.717) is 5.41 Å². The maximum absolute atomic E-state index is 5.51. The number of rotatable bonds is 12. The third-order valence-corrected chi connectivity index (χ3v) is 4.12. The minimum atomic E-state index is 0.435. The largest absolute Gasteiger partial charge is 0.502 e. The van der Waals surface area contributed by atoms with E-state index in [1.807, 2.05) is 6.26 Å². The van der Waals surface area contributed by atoms with Gasteiger partial charge in [-0.15, -0.1) is 0 Å². The lowest BCUT2D eigenvalue weighted by molar-refractivity contribution is 0.175. The monoisotopic (exact) mass is 282 g/mol. The number of hydrogen-bond donors (Lipinski definition) is 0. The van der Waals surface area contributed by atoms with Crippen LogP contribution in [0.2, 0.25) is 0 Å². The fourth-order valence-corrected chi connectivity index (χ4v) is 2.65. The molecule has 0 bridgehead atoms. The van der Waals surface area contributed by atoms with Crippen molar-refractivity contribution in [1.82, 2.24) is 0 Å². The number of allylic oxidation sites excluding steroid dienone is 1. The van der Waals surface area contributed by atoms with Crippen LogP contribution in [0.3, 0.4) is 0 Å². The van der Waals surface area contributed by atoms with Crippen molar-refractivity contribution in [2.24, 2.45) is 11.3 Å². The highest BCUT2D eigenvalue weighted by Crippen LogP contribution is 2.34. The minimum absolute atomic E-state index is 0.435. The van der Waals surface area contributed by atoms with Gasteiger partial charge < -0.3 is 4.74 Å². The smallest absolute Gasteiger partial charge is 0.0873 e. The van der Waals surface area contributed by atoms with Gasteiger partial charge in [-0.05, 0) is 37.0 Å². The van der Waals surface area contributed by atoms with Gasteiger partial charge >= 0.3 is 0 Å². The molecule has 0 aliphatic rings. The molecule has 120 valence electrons. The summed E-state index contributed by atoms with van der Waals surface area (Å²) in [6.07, 6.45) is 15.8. The molecule has 1 atom stereocenters. The van der Waals surface area contributed by atoms with Crippen molar-refractivity contribution in [3.8, 4) is 0 Å². The van der Waals surface area contributed by atoms with Crippen LogP contribution in [-0.4, -0.2) is 6.61 Å². The summed E-state index contributed by atoms with van der Waals surface area (Å²) in [7, 11) is 0. The van der Waals surface area contributed by atoms with Crippen molar-refractivity contribution in [2.45, 2.75) is 92.4 Å². The fourth-order valence-electron chi connectivity index (χ4n) is 2.65. The van der Waals surface area contributed by atoms with Gasteiger partial charge in [0.15, 0.2) is 0 Å². The van der Waals surface area contributed by atoms with Gasteiger partial charge in [0.05, 0.1) is 12.9 Å². The molecule has 0 spiro atoms. The lowest BCUT2D eigenvalue weighted by Gasteiger charge is -2.31. The van der Waals surface area contributed by atoms with Crippen LogP contribution in [0.25, 0.3) is 0 Å². The third kappa shape index (κ3) is 11.4. The predicted molar refractivity (Wildman–Crippen MR) is 90.9 cm³/mol. The average molecular weight is 283 g/mol. The van der Waals surface area contributed by atoms with E-state index in [4.69, 9.17) is 4.74 Å². The molecule has 0 saturated heterocycles. The van der Waals surface area contributed by atoms with Crippen molar-refractivity contribution >= 4 is 0 Å². The second kappa shape index (κ2) is 12.3. The molecule has 1 unspecified atom stereocenters. The van der Waals surface area contributed by atoms with E-state index < -0.39 is 0 Å². The summed E-state index contributed by atoms with van der Waals surface area (Å²) < 4.78 is 5.51. The Kier molecular flexibility index (Phi) is 12.0. The van der Waals surface area contributed by atoms with E-state index in [1.54, 1.807) is 0 Å². The fraction of sp³-hybridized carbons (Fsp3) is 0.895. The Hall–Kier alpha value is -0.460. The predicted octanol–water partition coefficient (Wildman–Crippen LogP) is 6.73. The van der Waals surface area contributed by atoms with Crippen LogP contribution < -0.4 is 0 Å². The molecule has 0 heterocycles. The summed E-state index contributed by atoms with van der Waals surface area (Å²) in [4.78, 5) is 0. The van der Waals surface area contributed by atoms with Crippen LogP contribution >= 0.6 is 0 Å². The highest BCUT2D eigenvalue weighted by molar-refractivity contribution is 4.75. The van der Waals surface area contributed by atoms with Crippen LogP contribution in [0.5, 0.6) is 0 Å². The van der Waals surface area contributed by atoms with Crippen LogP contribution in [0, 0.1) is 11.3 Å². The number of unbranched alkanes of at least 4 members (excludes halogenated alkanes) is 4. The van der Waals surface area contributed by atoms with Gasteiger partial charge in [-0.2, -0.15) is 0 Å². The topological polar surface area (TPSA) is 9.23 Å². The molecule has 0 aromatic carbocycles. The van der Waals surface area contributed by atoms with E-state index >= 15 is 0 Å². The average Bonchev–Trinajstić information content (AvgIpc) is 2.38. The van der Waals surface area contributed by atoms with Crippen molar-refractivity contribution in [3.63, 3.8) is 0 Å². The maximum atomic E-state index is 5.51. The summed E-state index contributed by atoms with van der Waals surface area (Å²) in [6.45, 7) is 12.5. The molecule has 0 aromatic rings. The zero-order valence-electron chi connectivity index (χ0n) is 14.7. The molecule has 1 nitrogen and oxygen atoms in total. The first-order chi connectivity index (χ1) is 9.52. The molecule has 0 aliphatic carbocycles. The highest BCUT2D eigenvalue weighted by atomic mass is 16.5. The summed E-state index contributed by atoms with van der Waals surface area (Å²) in [5, 5.41) is 0. The normalized spacial score (nSPS) is 13.8. The van der Waals surface area contributed by atoms with Crippen LogP contribution in [-0.2, 0) is 4.74 Å². The molecule has 0 N–H and O–H groups in total. The molecule has 0 aromatic heterocycles. The Morgan fingerprint density at radius 1 is 0.900 bits per heavy atom. The molecule has 0 radical (unpaired) electrons. The Balaban J connectivity index is 3.83. The molecule has 0 saturated carbocycles. The van der Waals surface area contributed by atoms with Gasteiger partial charge in [-0.1, -0.05) is 72.8 Å². The molecule has 0 fully saturated rings. The van der Waals surface area contributed by atoms with Gasteiger partial charge in [0.1, 0.15) is 0 Å². The lowest BCUT2D eigenvalue weighted by Crippen LogP contribution is -2.21. The lowest BCUT2D eigenvalue weighted by atomic mass is 9.75. The third-order valence-electron chi connectivity index (χ3n) is 4.12. The molecular formula is C19H38O. The first-order valence-electron chi connectivity index (χ1n) is 8.79. The van der Waals surface area contributed by atoms with Crippen molar-refractivity contribution < 1.29 is 4.74 Å². The van der Waals surface area contributed by atoms with Gasteiger partial charge in [0.25, 0.3) is 0 Å². The summed E-state index contributed by atoms with van der Waals surface area (Å²) >= 11 is 0. The van der Waals surface area contributed by atoms with Gasteiger partial charge in [0, 0.05) is 0 Å². The molecular weight excluding hydrogens is 244 g/mol. The molecule has 0 aliphatic heterocycles. The molecule has 20 heavy (non-hydrogen) atoms. The second-order valence-electron chi connectivity index (χ2n) is 7.06. The zero-order chi connectivity index (χ0) is 15.3. The Labute approximate surface area is 128 Å². The SMILES string of the molecule is CCC=COCCCC(CCCCCCC)C(C)(C)C. The molecule has 0 rings (SSSR count). The summed E-state index contributed by atoms with van der Waals surface area (Å²) in [5.74, 6) is 0.836. The Morgan fingerprint density at radius 2 is 1.55 bits per heavy atom. The van der Waals surface area contributed by atoms with E-state index in [-0.39, 0.29) is 0 Å². The summed E-state index contributed by atoms with van der Waals surface area (Å²) in [5.41, 5.74) is 0.435. The van der Waals surface area contributed by atoms with Gasteiger partial charge in [-0.3, -0.25) is 0 Å². The van der Waals surface area contributed by atoms with Gasteiger partial charge in [-0.25, -0.2) is 0 Å². The first-order valence-corrected chi connectivity index (χ1v) is 8.79. The van der Waals surface area contributed by atoms with Crippen LogP contribution in [0.1, 0.15) is 92.4 Å². The summed E-state index contributed by atoms with van der Waals surface area (Å²) in [6, 6.07) is 0. The first kappa shape index (κ1) is 19.5. The molecule has 0 amide bonds. The maximum Gasteiger partial charge on any atom is 0.0873 e. The number of ether oxygens (including phenoxy) is 1. The van der Waals surface area contributed by atoms with E-state index in [0.717, 1.165) is 18.9 Å². The van der Waals surface area contributed by atoms with Crippen LogP contribution in [0.15, 0.2) is 12.3 Å². The van der Waals surface area contributed by atoms with Crippen molar-refractivity contribution in [1.29, 1.82) is 0 Å². The van der Waals surface area contributed by atoms with E-state index in [9.17, 15) is 0 Å². The Morgan fingerprint density at radius 3 is 2.15 bits per heavy atom. The quantitative estimate of drug-likeness (QED) is 0.285. The van der Waals surface area contributed by atoms with E-state index in [2.05, 4.69) is 40.7 Å². The second-order valence-corrected chi connectivity index (χ2v) is 7.06. The van der Waals surface area contributed by atoms with E-state index in [1.165, 1.54) is 51.4 Å². The van der Waals surface area contributed by atoms with Crippen molar-refractivity contribution in [3.05, 3.63) is 12.3 Å². The minimum Gasteiger partial charge on any atom is -0.502 e. The van der Waals surface area contributed by atoms with Crippen molar-refractivity contribution in [2.75, 3.05) is 6.61 Å². The zero-order valence-corrected chi connectivity index (χ0v) is 14.7. The number of hydrogen-bond acceptors (Lipinski definition) is 1. The van der Waals surface area contributed by atoms with Crippen LogP contribution in [0.4, 0.5) is 0 Å². The standard InChI is InChI=1S/C19H38O/c1-6-8-10-11-12-14-18(19(3,4)5)15-13-17-20-16-9-7-2/h9,16,18H,6-8,10-15,17H2,1-5H3. The highest BCUT2D eigenvalue weighted by Gasteiger charge is 2.23.